The van der Waals surface area contributed by atoms with E-state index >= 15 is 0 Å². The lowest BCUT2D eigenvalue weighted by Gasteiger charge is -2.30. The molecule has 172 valence electrons. The summed E-state index contributed by atoms with van der Waals surface area (Å²) in [6, 6.07) is 6.58. The second-order valence-electron chi connectivity index (χ2n) is 9.38. The summed E-state index contributed by atoms with van der Waals surface area (Å²) in [5.41, 5.74) is 0.456. The summed E-state index contributed by atoms with van der Waals surface area (Å²) in [5, 5.41) is 2.98. The number of methoxy groups -OCH3 is 1. The van der Waals surface area contributed by atoms with Crippen molar-refractivity contribution in [3.05, 3.63) is 29.8 Å². The van der Waals surface area contributed by atoms with Crippen molar-refractivity contribution in [2.75, 3.05) is 39.8 Å². The molecule has 1 aliphatic carbocycles. The predicted molar refractivity (Wildman–Crippen MR) is 123 cm³/mol. The van der Waals surface area contributed by atoms with Gasteiger partial charge in [0, 0.05) is 26.2 Å². The van der Waals surface area contributed by atoms with Crippen LogP contribution in [0.3, 0.4) is 0 Å². The maximum Gasteiger partial charge on any atom is 0.255 e. The van der Waals surface area contributed by atoms with Crippen molar-refractivity contribution in [1.82, 2.24) is 15.1 Å². The van der Waals surface area contributed by atoms with E-state index < -0.39 is 6.04 Å². The molecule has 2 aliphatic rings. The summed E-state index contributed by atoms with van der Waals surface area (Å²) in [7, 11) is 1.55. The zero-order valence-electron chi connectivity index (χ0n) is 19.4. The number of para-hydroxylation sites is 1. The molecule has 0 bridgehead atoms. The van der Waals surface area contributed by atoms with E-state index in [0.717, 1.165) is 38.5 Å². The summed E-state index contributed by atoms with van der Waals surface area (Å²) in [4.78, 5) is 30.8. The van der Waals surface area contributed by atoms with Gasteiger partial charge in [-0.15, -0.1) is 0 Å². The van der Waals surface area contributed by atoms with E-state index in [0.29, 0.717) is 11.3 Å². The zero-order chi connectivity index (χ0) is 22.2. The van der Waals surface area contributed by atoms with Gasteiger partial charge in [0.1, 0.15) is 11.8 Å². The van der Waals surface area contributed by atoms with Gasteiger partial charge < -0.3 is 19.9 Å². The van der Waals surface area contributed by atoms with Crippen LogP contribution in [-0.4, -0.2) is 67.5 Å². The molecule has 2 amide bonds. The van der Waals surface area contributed by atoms with Gasteiger partial charge in [-0.05, 0) is 49.8 Å². The molecular formula is C25H39N3O3. The number of nitrogens with one attached hydrogen (secondary N) is 1. The molecule has 31 heavy (non-hydrogen) atoms. The van der Waals surface area contributed by atoms with Crippen molar-refractivity contribution in [1.29, 1.82) is 0 Å². The van der Waals surface area contributed by atoms with E-state index in [1.165, 1.54) is 38.6 Å². The summed E-state index contributed by atoms with van der Waals surface area (Å²) in [6.45, 7) is 8.61. The third-order valence-corrected chi connectivity index (χ3v) is 6.71. The molecule has 2 fully saturated rings. The Morgan fingerprint density at radius 2 is 1.77 bits per heavy atom. The van der Waals surface area contributed by atoms with Crippen LogP contribution in [0.4, 0.5) is 0 Å². The molecule has 1 aromatic rings. The Balaban J connectivity index is 1.59. The molecule has 1 heterocycles. The van der Waals surface area contributed by atoms with E-state index in [-0.39, 0.29) is 17.7 Å². The number of ether oxygens (including phenoxy) is 1. The molecule has 1 saturated heterocycles. The minimum Gasteiger partial charge on any atom is -0.496 e. The van der Waals surface area contributed by atoms with E-state index in [9.17, 15) is 9.59 Å². The molecule has 1 unspecified atom stereocenters. The molecule has 1 aromatic carbocycles. The van der Waals surface area contributed by atoms with E-state index in [1.54, 1.807) is 25.3 Å². The normalized spacial score (nSPS) is 19.7. The minimum atomic E-state index is -0.540. The van der Waals surface area contributed by atoms with Gasteiger partial charge in [0.25, 0.3) is 5.91 Å². The van der Waals surface area contributed by atoms with Crippen LogP contribution < -0.4 is 10.1 Å². The number of nitrogens with zero attached hydrogens (tertiary/aromatic N) is 2. The Hall–Kier alpha value is -2.08. The average molecular weight is 430 g/mol. The standard InChI is InChI=1S/C25H39N3O3/c1-19(2)23(26-24(29)21-12-7-8-13-22(21)31-3)25(30)28-15-9-14-27(16-17-28)18-20-10-5-4-6-11-20/h7-8,12-13,19-20,23H,4-6,9-11,14-18H2,1-3H3,(H,26,29). The number of rotatable bonds is 7. The Labute approximate surface area is 187 Å². The largest absolute Gasteiger partial charge is 0.496 e. The molecule has 0 spiro atoms. The van der Waals surface area contributed by atoms with Crippen molar-refractivity contribution in [2.45, 2.75) is 58.4 Å². The third kappa shape index (κ3) is 6.45. The fourth-order valence-corrected chi connectivity index (χ4v) is 4.87. The van der Waals surface area contributed by atoms with Crippen molar-refractivity contribution in [3.8, 4) is 5.75 Å². The van der Waals surface area contributed by atoms with Gasteiger partial charge in [0.2, 0.25) is 5.91 Å². The van der Waals surface area contributed by atoms with E-state index in [1.807, 2.05) is 24.8 Å². The first-order valence-electron chi connectivity index (χ1n) is 11.9. The molecule has 0 aromatic heterocycles. The van der Waals surface area contributed by atoms with Crippen LogP contribution in [0.1, 0.15) is 62.7 Å². The van der Waals surface area contributed by atoms with E-state index in [4.69, 9.17) is 4.74 Å². The quantitative estimate of drug-likeness (QED) is 0.720. The second-order valence-corrected chi connectivity index (χ2v) is 9.38. The number of carbonyl (C=O) groups is 2. The number of hydrogen-bond acceptors (Lipinski definition) is 4. The summed E-state index contributed by atoms with van der Waals surface area (Å²) in [5.74, 6) is 1.10. The maximum atomic E-state index is 13.4. The highest BCUT2D eigenvalue weighted by Gasteiger charge is 2.31. The van der Waals surface area contributed by atoms with Gasteiger partial charge in [0.05, 0.1) is 12.7 Å². The first kappa shape index (κ1) is 23.6. The Bertz CT molecular complexity index is 730. The van der Waals surface area contributed by atoms with Crippen LogP contribution in [-0.2, 0) is 4.79 Å². The smallest absolute Gasteiger partial charge is 0.255 e. The highest BCUT2D eigenvalue weighted by Crippen LogP contribution is 2.25. The van der Waals surface area contributed by atoms with Crippen LogP contribution >= 0.6 is 0 Å². The number of carbonyl (C=O) groups excluding carboxylic acids is 2. The van der Waals surface area contributed by atoms with Gasteiger partial charge in [-0.2, -0.15) is 0 Å². The van der Waals surface area contributed by atoms with Crippen molar-refractivity contribution in [3.63, 3.8) is 0 Å². The molecule has 0 radical (unpaired) electrons. The van der Waals surface area contributed by atoms with Crippen LogP contribution in [0.25, 0.3) is 0 Å². The molecular weight excluding hydrogens is 390 g/mol. The third-order valence-electron chi connectivity index (χ3n) is 6.71. The Kier molecular flexibility index (Phi) is 8.76. The molecule has 1 aliphatic heterocycles. The van der Waals surface area contributed by atoms with Crippen molar-refractivity contribution in [2.24, 2.45) is 11.8 Å². The van der Waals surface area contributed by atoms with Gasteiger partial charge in [0.15, 0.2) is 0 Å². The molecule has 1 atom stereocenters. The second kappa shape index (κ2) is 11.5. The van der Waals surface area contributed by atoms with Crippen LogP contribution in [0.15, 0.2) is 24.3 Å². The highest BCUT2D eigenvalue weighted by molar-refractivity contribution is 5.99. The average Bonchev–Trinajstić information content (AvgIpc) is 3.03. The van der Waals surface area contributed by atoms with Crippen molar-refractivity contribution >= 4 is 11.8 Å². The number of benzene rings is 1. The lowest BCUT2D eigenvalue weighted by Crippen LogP contribution is -2.52. The first-order chi connectivity index (χ1) is 15.0. The number of hydrogen-bond donors (Lipinski definition) is 1. The van der Waals surface area contributed by atoms with Crippen LogP contribution in [0, 0.1) is 11.8 Å². The lowest BCUT2D eigenvalue weighted by atomic mass is 9.89. The highest BCUT2D eigenvalue weighted by atomic mass is 16.5. The monoisotopic (exact) mass is 429 g/mol. The predicted octanol–water partition coefficient (Wildman–Crippen LogP) is 3.56. The van der Waals surface area contributed by atoms with E-state index in [2.05, 4.69) is 10.2 Å². The minimum absolute atomic E-state index is 0.00718. The van der Waals surface area contributed by atoms with Gasteiger partial charge in [-0.3, -0.25) is 9.59 Å². The number of amides is 2. The summed E-state index contributed by atoms with van der Waals surface area (Å²) in [6.07, 6.45) is 7.81. The van der Waals surface area contributed by atoms with Gasteiger partial charge in [-0.25, -0.2) is 0 Å². The SMILES string of the molecule is COc1ccccc1C(=O)NC(C(=O)N1CCCN(CC2CCCCC2)CC1)C(C)C. The Morgan fingerprint density at radius 3 is 2.48 bits per heavy atom. The fraction of sp³-hybridized carbons (Fsp3) is 0.680. The molecule has 6 nitrogen and oxygen atoms in total. The maximum absolute atomic E-state index is 13.4. The summed E-state index contributed by atoms with van der Waals surface area (Å²) < 4.78 is 5.31. The van der Waals surface area contributed by atoms with Crippen LogP contribution in [0.5, 0.6) is 5.75 Å². The molecule has 3 rings (SSSR count). The first-order valence-corrected chi connectivity index (χ1v) is 11.9. The Morgan fingerprint density at radius 1 is 1.03 bits per heavy atom. The zero-order valence-corrected chi connectivity index (χ0v) is 19.4. The van der Waals surface area contributed by atoms with Gasteiger partial charge >= 0.3 is 0 Å². The van der Waals surface area contributed by atoms with Gasteiger partial charge in [-0.1, -0.05) is 45.2 Å². The van der Waals surface area contributed by atoms with Crippen molar-refractivity contribution < 1.29 is 14.3 Å². The molecule has 1 saturated carbocycles. The summed E-state index contributed by atoms with van der Waals surface area (Å²) >= 11 is 0. The lowest BCUT2D eigenvalue weighted by molar-refractivity contribution is -0.134. The fourth-order valence-electron chi connectivity index (χ4n) is 4.87. The van der Waals surface area contributed by atoms with Crippen LogP contribution in [0.2, 0.25) is 0 Å². The molecule has 1 N–H and O–H groups in total. The molecule has 6 heteroatoms. The topological polar surface area (TPSA) is 61.9 Å².